The zero-order chi connectivity index (χ0) is 19.5. The van der Waals surface area contributed by atoms with Crippen LogP contribution in [0.4, 0.5) is 5.69 Å². The van der Waals surface area contributed by atoms with Crippen molar-refractivity contribution in [1.29, 1.82) is 0 Å². The maximum atomic E-state index is 12.0. The summed E-state index contributed by atoms with van der Waals surface area (Å²) in [5.74, 6) is -1.59. The molecule has 0 spiro atoms. The largest absolute Gasteiger partial charge is 0.467 e. The molecule has 10 heteroatoms. The minimum atomic E-state index is -1.15. The summed E-state index contributed by atoms with van der Waals surface area (Å²) < 4.78 is 10.9. The fourth-order valence-corrected chi connectivity index (χ4v) is 2.50. The number of fused-ring (bicyclic) bond motifs is 1. The number of aromatic nitrogens is 1. The molecule has 0 saturated heterocycles. The van der Waals surface area contributed by atoms with Gasteiger partial charge in [0, 0.05) is 19.0 Å². The molecule has 2 aromatic rings. The number of nitrogens with zero attached hydrogens (tertiary/aromatic N) is 2. The van der Waals surface area contributed by atoms with Gasteiger partial charge in [0.25, 0.3) is 5.69 Å². The molecule has 1 aromatic heterocycles. The average molecular weight is 365 g/mol. The molecule has 26 heavy (non-hydrogen) atoms. The molecule has 0 fully saturated rings. The molecule has 0 unspecified atom stereocenters. The number of carbonyl (C=O) groups is 2. The van der Waals surface area contributed by atoms with E-state index in [0.717, 1.165) is 0 Å². The predicted molar refractivity (Wildman–Crippen MR) is 90.6 cm³/mol. The maximum absolute atomic E-state index is 12.0. The lowest BCUT2D eigenvalue weighted by Gasteiger charge is -2.23. The molecule has 10 nitrogen and oxygen atoms in total. The Labute approximate surface area is 147 Å². The van der Waals surface area contributed by atoms with E-state index in [4.69, 9.17) is 4.42 Å². The van der Waals surface area contributed by atoms with Crippen molar-refractivity contribution in [2.24, 2.45) is 0 Å². The Morgan fingerprint density at radius 2 is 2.08 bits per heavy atom. The van der Waals surface area contributed by atoms with Gasteiger partial charge in [-0.3, -0.25) is 19.5 Å². The second-order valence-electron chi connectivity index (χ2n) is 6.20. The van der Waals surface area contributed by atoms with Crippen LogP contribution in [0.3, 0.4) is 0 Å². The average Bonchev–Trinajstić information content (AvgIpc) is 2.88. The topological polar surface area (TPSA) is 134 Å². The van der Waals surface area contributed by atoms with Gasteiger partial charge in [-0.2, -0.15) is 0 Å². The zero-order valence-electron chi connectivity index (χ0n) is 14.6. The van der Waals surface area contributed by atoms with Gasteiger partial charge in [-0.15, -0.1) is 0 Å². The standard InChI is InChI=1S/C16H19N3O7/c1-16(2,14(21)25-3)17-13(20)5-4-8-18-11-7-6-10(19(23)24)9-12(11)26-15(18)22/h6-7,9H,4-5,8H2,1-3H3,(H,17,20). The van der Waals surface area contributed by atoms with Gasteiger partial charge in [-0.05, 0) is 26.3 Å². The third-order valence-corrected chi connectivity index (χ3v) is 3.80. The number of aryl methyl sites for hydroxylation is 1. The highest BCUT2D eigenvalue weighted by Gasteiger charge is 2.30. The predicted octanol–water partition coefficient (Wildman–Crippen LogP) is 1.35. The number of hydrogen-bond acceptors (Lipinski definition) is 7. The van der Waals surface area contributed by atoms with Crippen molar-refractivity contribution in [3.05, 3.63) is 38.9 Å². The van der Waals surface area contributed by atoms with Gasteiger partial charge in [0.1, 0.15) is 5.54 Å². The van der Waals surface area contributed by atoms with E-state index < -0.39 is 22.2 Å². The third kappa shape index (κ3) is 4.08. The van der Waals surface area contributed by atoms with Crippen LogP contribution in [-0.2, 0) is 20.9 Å². The molecule has 1 amide bonds. The number of methoxy groups -OCH3 is 1. The Morgan fingerprint density at radius 3 is 2.69 bits per heavy atom. The smallest absolute Gasteiger partial charge is 0.419 e. The first-order chi connectivity index (χ1) is 12.2. The number of carbonyl (C=O) groups excluding carboxylic acids is 2. The molecule has 140 valence electrons. The summed E-state index contributed by atoms with van der Waals surface area (Å²) >= 11 is 0. The van der Waals surface area contributed by atoms with Gasteiger partial charge in [0.15, 0.2) is 5.58 Å². The summed E-state index contributed by atoms with van der Waals surface area (Å²) in [5, 5.41) is 13.3. The lowest BCUT2D eigenvalue weighted by atomic mass is 10.1. The van der Waals surface area contributed by atoms with E-state index in [2.05, 4.69) is 10.1 Å². The minimum absolute atomic E-state index is 0.0759. The van der Waals surface area contributed by atoms with Crippen LogP contribution in [-0.4, -0.2) is 34.0 Å². The molecular weight excluding hydrogens is 346 g/mol. The van der Waals surface area contributed by atoms with E-state index in [1.54, 1.807) is 0 Å². The number of esters is 1. The fourth-order valence-electron chi connectivity index (χ4n) is 2.50. The van der Waals surface area contributed by atoms with Gasteiger partial charge < -0.3 is 14.5 Å². The molecular formula is C16H19N3O7. The summed E-state index contributed by atoms with van der Waals surface area (Å²) in [7, 11) is 1.23. The normalized spacial score (nSPS) is 11.3. The summed E-state index contributed by atoms with van der Waals surface area (Å²) in [4.78, 5) is 45.6. The number of amides is 1. The summed E-state index contributed by atoms with van der Waals surface area (Å²) in [6.45, 7) is 3.24. The highest BCUT2D eigenvalue weighted by molar-refractivity contribution is 5.87. The van der Waals surface area contributed by atoms with E-state index in [9.17, 15) is 24.5 Å². The number of oxazole rings is 1. The first-order valence-electron chi connectivity index (χ1n) is 7.83. The second kappa shape index (κ2) is 7.38. The number of nitrogens with one attached hydrogen (secondary N) is 1. The van der Waals surface area contributed by atoms with E-state index >= 15 is 0 Å². The van der Waals surface area contributed by atoms with Gasteiger partial charge in [0.2, 0.25) is 5.91 Å². The lowest BCUT2D eigenvalue weighted by molar-refractivity contribution is -0.384. The molecule has 0 aliphatic heterocycles. The summed E-state index contributed by atoms with van der Waals surface area (Å²) in [6, 6.07) is 3.89. The Morgan fingerprint density at radius 1 is 1.38 bits per heavy atom. The quantitative estimate of drug-likeness (QED) is 0.444. The maximum Gasteiger partial charge on any atom is 0.419 e. The van der Waals surface area contributed by atoms with Gasteiger partial charge >= 0.3 is 11.7 Å². The summed E-state index contributed by atoms with van der Waals surface area (Å²) in [6.07, 6.45) is 0.390. The van der Waals surface area contributed by atoms with Crippen LogP contribution in [0.5, 0.6) is 0 Å². The van der Waals surface area contributed by atoms with Crippen molar-refractivity contribution in [1.82, 2.24) is 9.88 Å². The van der Waals surface area contributed by atoms with Crippen molar-refractivity contribution in [2.75, 3.05) is 7.11 Å². The van der Waals surface area contributed by atoms with Gasteiger partial charge in [0.05, 0.1) is 23.6 Å². The molecule has 0 bridgehead atoms. The van der Waals surface area contributed by atoms with Crippen molar-refractivity contribution in [2.45, 2.75) is 38.8 Å². The number of ether oxygens (including phenoxy) is 1. The Hall–Kier alpha value is -3.17. The van der Waals surface area contributed by atoms with E-state index in [1.165, 1.54) is 43.7 Å². The molecule has 0 aliphatic carbocycles. The molecule has 1 N–H and O–H groups in total. The lowest BCUT2D eigenvalue weighted by Crippen LogP contribution is -2.50. The van der Waals surface area contributed by atoms with E-state index in [1.807, 2.05) is 0 Å². The van der Waals surface area contributed by atoms with Crippen molar-refractivity contribution < 1.29 is 23.7 Å². The van der Waals surface area contributed by atoms with Crippen LogP contribution in [0, 0.1) is 10.1 Å². The Bertz CT molecular complexity index is 910. The zero-order valence-corrected chi connectivity index (χ0v) is 14.6. The number of nitro benzene ring substituents is 1. The van der Waals surface area contributed by atoms with Crippen molar-refractivity contribution >= 4 is 28.7 Å². The minimum Gasteiger partial charge on any atom is -0.467 e. The molecule has 0 saturated carbocycles. The van der Waals surface area contributed by atoms with Crippen LogP contribution in [0.25, 0.3) is 11.1 Å². The monoisotopic (exact) mass is 365 g/mol. The second-order valence-corrected chi connectivity index (χ2v) is 6.20. The Kier molecular flexibility index (Phi) is 5.44. The third-order valence-electron chi connectivity index (χ3n) is 3.80. The van der Waals surface area contributed by atoms with E-state index in [-0.39, 0.29) is 30.1 Å². The SMILES string of the molecule is COC(=O)C(C)(C)NC(=O)CCCn1c(=O)oc2cc([N+](=O)[O-])ccc21. The van der Waals surface area contributed by atoms with Crippen LogP contribution in [0.1, 0.15) is 26.7 Å². The Balaban J connectivity index is 2.03. The number of nitro groups is 1. The molecule has 2 rings (SSSR count). The van der Waals surface area contributed by atoms with Crippen LogP contribution in [0.2, 0.25) is 0 Å². The number of non-ortho nitro benzene ring substituents is 1. The van der Waals surface area contributed by atoms with Crippen LogP contribution in [0.15, 0.2) is 27.4 Å². The first kappa shape index (κ1) is 19.2. The number of hydrogen-bond donors (Lipinski definition) is 1. The highest BCUT2D eigenvalue weighted by atomic mass is 16.6. The molecule has 0 atom stereocenters. The molecule has 0 aliphatic rings. The van der Waals surface area contributed by atoms with Gasteiger partial charge in [-0.25, -0.2) is 9.59 Å². The summed E-state index contributed by atoms with van der Waals surface area (Å²) in [5.41, 5.74) is -0.802. The number of rotatable bonds is 7. The number of benzene rings is 1. The van der Waals surface area contributed by atoms with Crippen molar-refractivity contribution in [3.63, 3.8) is 0 Å². The fraction of sp³-hybridized carbons (Fsp3) is 0.438. The molecule has 1 aromatic carbocycles. The van der Waals surface area contributed by atoms with Crippen molar-refractivity contribution in [3.8, 4) is 0 Å². The van der Waals surface area contributed by atoms with Crippen LogP contribution < -0.4 is 11.1 Å². The molecule has 0 radical (unpaired) electrons. The molecule has 1 heterocycles. The highest BCUT2D eigenvalue weighted by Crippen LogP contribution is 2.20. The first-order valence-corrected chi connectivity index (χ1v) is 7.83. The van der Waals surface area contributed by atoms with E-state index in [0.29, 0.717) is 11.9 Å². The van der Waals surface area contributed by atoms with Crippen LogP contribution >= 0.6 is 0 Å². The van der Waals surface area contributed by atoms with Gasteiger partial charge in [-0.1, -0.05) is 0 Å².